The normalized spacial score (nSPS) is 22.1. The van der Waals surface area contributed by atoms with E-state index >= 15 is 0 Å². The number of nitrogens with zero attached hydrogens (tertiary/aromatic N) is 3. The van der Waals surface area contributed by atoms with E-state index in [-0.39, 0.29) is 0 Å². The fraction of sp³-hybridized carbons (Fsp3) is 0.769. The minimum atomic E-state index is 0.594. The van der Waals surface area contributed by atoms with Crippen molar-refractivity contribution in [1.29, 1.82) is 0 Å². The van der Waals surface area contributed by atoms with Crippen molar-refractivity contribution in [3.05, 3.63) is 16.4 Å². The third-order valence-corrected chi connectivity index (χ3v) is 4.23. The topological polar surface area (TPSA) is 33.1 Å². The van der Waals surface area contributed by atoms with Gasteiger partial charge in [0.1, 0.15) is 0 Å². The average molecular weight is 271 g/mol. The molecule has 5 heteroatoms. The Bertz CT molecular complexity index is 402. The Morgan fingerprint density at radius 3 is 2.89 bits per heavy atom. The monoisotopic (exact) mass is 270 g/mol. The van der Waals surface area contributed by atoms with Gasteiger partial charge in [0.15, 0.2) is 0 Å². The summed E-state index contributed by atoms with van der Waals surface area (Å²) in [5, 5.41) is 8.78. The highest BCUT2D eigenvalue weighted by atomic mass is 35.5. The van der Waals surface area contributed by atoms with Crippen molar-refractivity contribution >= 4 is 11.6 Å². The second-order valence-electron chi connectivity index (χ2n) is 5.04. The molecular weight excluding hydrogens is 248 g/mol. The van der Waals surface area contributed by atoms with Gasteiger partial charge in [-0.15, -0.1) is 0 Å². The van der Waals surface area contributed by atoms with Crippen LogP contribution in [0.3, 0.4) is 0 Å². The van der Waals surface area contributed by atoms with Crippen LogP contribution in [-0.2, 0) is 20.0 Å². The maximum Gasteiger partial charge on any atom is 0.0863 e. The quantitative estimate of drug-likeness (QED) is 0.910. The Labute approximate surface area is 114 Å². The smallest absolute Gasteiger partial charge is 0.0863 e. The molecule has 2 rings (SSSR count). The van der Waals surface area contributed by atoms with E-state index in [0.29, 0.717) is 6.04 Å². The van der Waals surface area contributed by atoms with Crippen molar-refractivity contribution in [2.45, 2.75) is 39.3 Å². The van der Waals surface area contributed by atoms with Crippen LogP contribution < -0.4 is 5.32 Å². The van der Waals surface area contributed by atoms with E-state index < -0.39 is 0 Å². The molecule has 0 aliphatic carbocycles. The van der Waals surface area contributed by atoms with Crippen molar-refractivity contribution in [3.8, 4) is 0 Å². The van der Waals surface area contributed by atoms with Crippen molar-refractivity contribution < 1.29 is 0 Å². The number of nitrogens with one attached hydrogen (secondary N) is 1. The first-order chi connectivity index (χ1) is 8.63. The van der Waals surface area contributed by atoms with E-state index in [9.17, 15) is 0 Å². The van der Waals surface area contributed by atoms with Gasteiger partial charge in [-0.1, -0.05) is 18.5 Å². The van der Waals surface area contributed by atoms with E-state index in [0.717, 1.165) is 49.0 Å². The first-order valence-electron chi connectivity index (χ1n) is 6.78. The molecule has 0 aromatic carbocycles. The summed E-state index contributed by atoms with van der Waals surface area (Å²) >= 11 is 6.41. The highest BCUT2D eigenvalue weighted by molar-refractivity contribution is 6.31. The third kappa shape index (κ3) is 2.87. The van der Waals surface area contributed by atoms with Gasteiger partial charge in [0.05, 0.1) is 16.4 Å². The van der Waals surface area contributed by atoms with Gasteiger partial charge in [0.25, 0.3) is 0 Å². The van der Waals surface area contributed by atoms with Crippen molar-refractivity contribution in [2.75, 3.05) is 19.6 Å². The summed E-state index contributed by atoms with van der Waals surface area (Å²) in [6.45, 7) is 8.52. The molecule has 0 radical (unpaired) electrons. The van der Waals surface area contributed by atoms with Crippen LogP contribution in [-0.4, -0.2) is 40.4 Å². The van der Waals surface area contributed by atoms with Crippen LogP contribution in [0.4, 0.5) is 0 Å². The Morgan fingerprint density at radius 1 is 1.44 bits per heavy atom. The predicted molar refractivity (Wildman–Crippen MR) is 75.0 cm³/mol. The number of hydrogen-bond acceptors (Lipinski definition) is 3. The van der Waals surface area contributed by atoms with E-state index in [1.165, 1.54) is 6.42 Å². The minimum absolute atomic E-state index is 0.594. The van der Waals surface area contributed by atoms with Gasteiger partial charge in [-0.2, -0.15) is 5.10 Å². The molecule has 1 unspecified atom stereocenters. The van der Waals surface area contributed by atoms with Crippen molar-refractivity contribution in [1.82, 2.24) is 20.0 Å². The van der Waals surface area contributed by atoms with Gasteiger partial charge in [0, 0.05) is 32.7 Å². The summed E-state index contributed by atoms with van der Waals surface area (Å²) in [6.07, 6.45) is 2.08. The van der Waals surface area contributed by atoms with Gasteiger partial charge in [-0.3, -0.25) is 9.58 Å². The Kier molecular flexibility index (Phi) is 4.65. The Balaban J connectivity index is 2.14. The van der Waals surface area contributed by atoms with Gasteiger partial charge in [-0.25, -0.2) is 0 Å². The largest absolute Gasteiger partial charge is 0.315 e. The lowest BCUT2D eigenvalue weighted by Gasteiger charge is -2.26. The van der Waals surface area contributed by atoms with E-state index in [2.05, 4.69) is 29.2 Å². The SMILES string of the molecule is CCc1nn(C)c(CN2CCNCCC2C)c1Cl. The Hall–Kier alpha value is -0.580. The van der Waals surface area contributed by atoms with E-state index in [1.807, 2.05) is 11.7 Å². The molecule has 4 nitrogen and oxygen atoms in total. The van der Waals surface area contributed by atoms with Crippen molar-refractivity contribution in [2.24, 2.45) is 7.05 Å². The lowest BCUT2D eigenvalue weighted by Crippen LogP contribution is -2.34. The lowest BCUT2D eigenvalue weighted by atomic mass is 10.2. The summed E-state index contributed by atoms with van der Waals surface area (Å²) in [6, 6.07) is 0.594. The first-order valence-corrected chi connectivity index (χ1v) is 7.16. The highest BCUT2D eigenvalue weighted by Gasteiger charge is 2.21. The standard InChI is InChI=1S/C13H23ClN4/c1-4-11-13(14)12(17(3)16-11)9-18-8-7-15-6-5-10(18)2/h10,15H,4-9H2,1-3H3. The molecule has 1 aromatic rings. The predicted octanol–water partition coefficient (Wildman–Crippen LogP) is 1.82. The van der Waals surface area contributed by atoms with Crippen LogP contribution in [0, 0.1) is 0 Å². The van der Waals surface area contributed by atoms with Gasteiger partial charge in [-0.05, 0) is 26.3 Å². The Morgan fingerprint density at radius 2 is 2.22 bits per heavy atom. The minimum Gasteiger partial charge on any atom is -0.315 e. The fourth-order valence-electron chi connectivity index (χ4n) is 2.48. The van der Waals surface area contributed by atoms with Gasteiger partial charge >= 0.3 is 0 Å². The zero-order valence-electron chi connectivity index (χ0n) is 11.5. The zero-order chi connectivity index (χ0) is 13.1. The summed E-state index contributed by atoms with van der Waals surface area (Å²) in [7, 11) is 1.99. The molecule has 18 heavy (non-hydrogen) atoms. The van der Waals surface area contributed by atoms with Crippen LogP contribution in [0.25, 0.3) is 0 Å². The van der Waals surface area contributed by atoms with Gasteiger partial charge < -0.3 is 5.32 Å². The molecule has 2 heterocycles. The molecule has 0 spiro atoms. The van der Waals surface area contributed by atoms with Crippen molar-refractivity contribution in [3.63, 3.8) is 0 Å². The fourth-order valence-corrected chi connectivity index (χ4v) is 2.83. The number of hydrogen-bond donors (Lipinski definition) is 1. The van der Waals surface area contributed by atoms with E-state index in [4.69, 9.17) is 11.6 Å². The van der Waals surface area contributed by atoms with Crippen LogP contribution in [0.2, 0.25) is 5.02 Å². The van der Waals surface area contributed by atoms with E-state index in [1.54, 1.807) is 0 Å². The van der Waals surface area contributed by atoms with Crippen LogP contribution in [0.1, 0.15) is 31.7 Å². The average Bonchev–Trinajstić information content (AvgIpc) is 2.52. The van der Waals surface area contributed by atoms with Crippen LogP contribution >= 0.6 is 11.6 Å². The molecule has 0 amide bonds. The maximum atomic E-state index is 6.41. The summed E-state index contributed by atoms with van der Waals surface area (Å²) < 4.78 is 1.94. The second kappa shape index (κ2) is 6.04. The molecule has 1 saturated heterocycles. The highest BCUT2D eigenvalue weighted by Crippen LogP contribution is 2.23. The molecule has 1 aliphatic heterocycles. The number of rotatable bonds is 3. The molecule has 1 aromatic heterocycles. The molecule has 1 atom stereocenters. The lowest BCUT2D eigenvalue weighted by molar-refractivity contribution is 0.206. The third-order valence-electron chi connectivity index (χ3n) is 3.79. The number of aryl methyl sites for hydroxylation is 2. The van der Waals surface area contributed by atoms with Gasteiger partial charge in [0.2, 0.25) is 0 Å². The number of halogens is 1. The molecular formula is C13H23ClN4. The first kappa shape index (κ1) is 13.8. The summed E-state index contributed by atoms with van der Waals surface area (Å²) in [5.41, 5.74) is 2.15. The number of aromatic nitrogens is 2. The molecule has 1 fully saturated rings. The van der Waals surface area contributed by atoms with Crippen LogP contribution in [0.15, 0.2) is 0 Å². The molecule has 0 saturated carbocycles. The molecule has 1 aliphatic rings. The summed E-state index contributed by atoms with van der Waals surface area (Å²) in [4.78, 5) is 2.49. The summed E-state index contributed by atoms with van der Waals surface area (Å²) in [5.74, 6) is 0. The molecule has 1 N–H and O–H groups in total. The molecule has 102 valence electrons. The second-order valence-corrected chi connectivity index (χ2v) is 5.42. The van der Waals surface area contributed by atoms with Crippen LogP contribution in [0.5, 0.6) is 0 Å². The zero-order valence-corrected chi connectivity index (χ0v) is 12.3. The molecule has 0 bridgehead atoms. The maximum absolute atomic E-state index is 6.41.